The maximum absolute atomic E-state index is 11.8. The van der Waals surface area contributed by atoms with Crippen molar-refractivity contribution in [3.05, 3.63) is 65.2 Å². The number of benzene rings is 2. The topological polar surface area (TPSA) is 54.0 Å². The predicted octanol–water partition coefficient (Wildman–Crippen LogP) is 3.73. The van der Waals surface area contributed by atoms with Crippen molar-refractivity contribution in [2.24, 2.45) is 0 Å². The van der Waals surface area contributed by atoms with Crippen molar-refractivity contribution in [1.82, 2.24) is 15.6 Å². The van der Waals surface area contributed by atoms with Gasteiger partial charge in [0.05, 0.1) is 16.8 Å². The number of nitrogens with zero attached hydrogens (tertiary/aromatic N) is 1. The van der Waals surface area contributed by atoms with E-state index in [-0.39, 0.29) is 6.03 Å². The third-order valence-electron chi connectivity index (χ3n) is 3.51. The smallest absolute Gasteiger partial charge is 0.315 e. The van der Waals surface area contributed by atoms with Gasteiger partial charge in [-0.3, -0.25) is 0 Å². The van der Waals surface area contributed by atoms with E-state index in [1.165, 1.54) is 5.56 Å². The lowest BCUT2D eigenvalue weighted by Crippen LogP contribution is -2.35. The van der Waals surface area contributed by atoms with Crippen molar-refractivity contribution in [2.75, 3.05) is 6.54 Å². The van der Waals surface area contributed by atoms with Gasteiger partial charge in [0.25, 0.3) is 0 Å². The van der Waals surface area contributed by atoms with E-state index in [0.29, 0.717) is 13.1 Å². The van der Waals surface area contributed by atoms with Crippen LogP contribution in [0.4, 0.5) is 4.79 Å². The van der Waals surface area contributed by atoms with Crippen molar-refractivity contribution in [3.8, 4) is 0 Å². The first-order chi connectivity index (χ1) is 11.3. The first-order valence-electron chi connectivity index (χ1n) is 7.71. The van der Waals surface area contributed by atoms with Crippen LogP contribution < -0.4 is 10.6 Å². The molecule has 0 radical (unpaired) electrons. The summed E-state index contributed by atoms with van der Waals surface area (Å²) in [4.78, 5) is 16.3. The third-order valence-corrected chi connectivity index (χ3v) is 4.55. The molecule has 0 aliphatic heterocycles. The van der Waals surface area contributed by atoms with E-state index in [0.717, 1.165) is 28.1 Å². The fraction of sp³-hybridized carbons (Fsp3) is 0.222. The average Bonchev–Trinajstić information content (AvgIpc) is 3.01. The fourth-order valence-electron chi connectivity index (χ4n) is 2.35. The second-order valence-electron chi connectivity index (χ2n) is 5.27. The van der Waals surface area contributed by atoms with Gasteiger partial charge in [-0.15, -0.1) is 11.3 Å². The zero-order valence-electron chi connectivity index (χ0n) is 12.8. The summed E-state index contributed by atoms with van der Waals surface area (Å²) in [6, 6.07) is 18.1. The summed E-state index contributed by atoms with van der Waals surface area (Å²) in [6.45, 7) is 1.13. The number of carbonyl (C=O) groups excluding carboxylic acids is 1. The summed E-state index contributed by atoms with van der Waals surface area (Å²) in [7, 11) is 0. The Bertz CT molecular complexity index is 737. The molecule has 5 heteroatoms. The molecule has 4 nitrogen and oxygen atoms in total. The van der Waals surface area contributed by atoms with Gasteiger partial charge in [-0.2, -0.15) is 0 Å². The van der Waals surface area contributed by atoms with Crippen LogP contribution in [0.1, 0.15) is 17.0 Å². The summed E-state index contributed by atoms with van der Waals surface area (Å²) in [5, 5.41) is 6.66. The zero-order valence-corrected chi connectivity index (χ0v) is 13.6. The molecule has 118 valence electrons. The van der Waals surface area contributed by atoms with E-state index in [1.54, 1.807) is 11.3 Å². The van der Waals surface area contributed by atoms with Crippen LogP contribution in [0.15, 0.2) is 54.6 Å². The first-order valence-corrected chi connectivity index (χ1v) is 8.53. The van der Waals surface area contributed by atoms with Gasteiger partial charge in [0.15, 0.2) is 0 Å². The summed E-state index contributed by atoms with van der Waals surface area (Å²) >= 11 is 1.61. The Hall–Kier alpha value is -2.40. The van der Waals surface area contributed by atoms with Crippen molar-refractivity contribution in [2.45, 2.75) is 19.4 Å². The molecule has 0 aliphatic rings. The van der Waals surface area contributed by atoms with Gasteiger partial charge in [0.2, 0.25) is 0 Å². The van der Waals surface area contributed by atoms with Crippen LogP contribution in [0.5, 0.6) is 0 Å². The largest absolute Gasteiger partial charge is 0.338 e. The molecule has 0 fully saturated rings. The molecule has 0 aliphatic carbocycles. The Balaban J connectivity index is 1.38. The predicted molar refractivity (Wildman–Crippen MR) is 94.6 cm³/mol. The Kier molecular flexibility index (Phi) is 5.21. The van der Waals surface area contributed by atoms with Crippen LogP contribution in [-0.2, 0) is 13.0 Å². The molecule has 0 atom stereocenters. The van der Waals surface area contributed by atoms with E-state index < -0.39 is 0 Å². The molecule has 2 aromatic carbocycles. The SMILES string of the molecule is O=C(NCCCc1ccccc1)NCc1nc2ccccc2s1. The molecule has 1 heterocycles. The standard InChI is InChI=1S/C18H19N3OS/c22-18(19-12-6-9-14-7-2-1-3-8-14)20-13-17-21-15-10-4-5-11-16(15)23-17/h1-5,7-8,10-11H,6,9,12-13H2,(H2,19,20,22). The normalized spacial score (nSPS) is 10.6. The number of fused-ring (bicyclic) bond motifs is 1. The minimum atomic E-state index is -0.141. The monoisotopic (exact) mass is 325 g/mol. The second kappa shape index (κ2) is 7.74. The van der Waals surface area contributed by atoms with Crippen LogP contribution in [0, 0.1) is 0 Å². The zero-order chi connectivity index (χ0) is 15.9. The average molecular weight is 325 g/mol. The van der Waals surface area contributed by atoms with Crippen LogP contribution in [0.3, 0.4) is 0 Å². The summed E-state index contributed by atoms with van der Waals surface area (Å²) in [6.07, 6.45) is 1.90. The molecule has 1 aromatic heterocycles. The van der Waals surface area contributed by atoms with Gasteiger partial charge in [-0.25, -0.2) is 9.78 Å². The highest BCUT2D eigenvalue weighted by Gasteiger charge is 2.05. The number of urea groups is 1. The van der Waals surface area contributed by atoms with Gasteiger partial charge < -0.3 is 10.6 Å². The first kappa shape index (κ1) is 15.5. The van der Waals surface area contributed by atoms with E-state index in [9.17, 15) is 4.79 Å². The van der Waals surface area contributed by atoms with Crippen molar-refractivity contribution < 1.29 is 4.79 Å². The highest BCUT2D eigenvalue weighted by Crippen LogP contribution is 2.21. The van der Waals surface area contributed by atoms with E-state index in [2.05, 4.69) is 27.8 Å². The molecule has 2 N–H and O–H groups in total. The molecule has 0 saturated heterocycles. The van der Waals surface area contributed by atoms with Crippen molar-refractivity contribution in [3.63, 3.8) is 0 Å². The maximum Gasteiger partial charge on any atom is 0.315 e. The van der Waals surface area contributed by atoms with Crippen LogP contribution >= 0.6 is 11.3 Å². The Morgan fingerprint density at radius 3 is 2.61 bits per heavy atom. The third kappa shape index (κ3) is 4.53. The second-order valence-corrected chi connectivity index (χ2v) is 6.39. The van der Waals surface area contributed by atoms with E-state index >= 15 is 0 Å². The molecular formula is C18H19N3OS. The number of hydrogen-bond acceptors (Lipinski definition) is 3. The number of para-hydroxylation sites is 1. The van der Waals surface area contributed by atoms with E-state index in [4.69, 9.17) is 0 Å². The lowest BCUT2D eigenvalue weighted by molar-refractivity contribution is 0.240. The molecule has 23 heavy (non-hydrogen) atoms. The summed E-state index contributed by atoms with van der Waals surface area (Å²) in [5.41, 5.74) is 2.28. The molecule has 0 bridgehead atoms. The van der Waals surface area contributed by atoms with Gasteiger partial charge in [-0.1, -0.05) is 42.5 Å². The van der Waals surface area contributed by atoms with Gasteiger partial charge >= 0.3 is 6.03 Å². The Morgan fingerprint density at radius 1 is 1.00 bits per heavy atom. The molecule has 2 amide bonds. The summed E-state index contributed by atoms with van der Waals surface area (Å²) in [5.74, 6) is 0. The van der Waals surface area contributed by atoms with Crippen molar-refractivity contribution >= 4 is 27.6 Å². The Morgan fingerprint density at radius 2 is 1.78 bits per heavy atom. The van der Waals surface area contributed by atoms with Crippen LogP contribution in [0.2, 0.25) is 0 Å². The van der Waals surface area contributed by atoms with Crippen molar-refractivity contribution in [1.29, 1.82) is 0 Å². The number of aryl methyl sites for hydroxylation is 1. The molecule has 0 saturated carbocycles. The molecule has 0 unspecified atom stereocenters. The van der Waals surface area contributed by atoms with Crippen LogP contribution in [0.25, 0.3) is 10.2 Å². The van der Waals surface area contributed by atoms with E-state index in [1.807, 2.05) is 42.5 Å². The highest BCUT2D eigenvalue weighted by atomic mass is 32.1. The number of rotatable bonds is 6. The molecule has 0 spiro atoms. The maximum atomic E-state index is 11.8. The fourth-order valence-corrected chi connectivity index (χ4v) is 3.26. The number of nitrogens with one attached hydrogen (secondary N) is 2. The number of hydrogen-bond donors (Lipinski definition) is 2. The minimum absolute atomic E-state index is 0.141. The minimum Gasteiger partial charge on any atom is -0.338 e. The molecular weight excluding hydrogens is 306 g/mol. The lowest BCUT2D eigenvalue weighted by Gasteiger charge is -2.06. The number of carbonyl (C=O) groups is 1. The van der Waals surface area contributed by atoms with Crippen LogP contribution in [-0.4, -0.2) is 17.6 Å². The van der Waals surface area contributed by atoms with Gasteiger partial charge in [-0.05, 0) is 30.5 Å². The molecule has 3 aromatic rings. The lowest BCUT2D eigenvalue weighted by atomic mass is 10.1. The highest BCUT2D eigenvalue weighted by molar-refractivity contribution is 7.18. The number of aromatic nitrogens is 1. The summed E-state index contributed by atoms with van der Waals surface area (Å²) < 4.78 is 1.15. The number of thiazole rings is 1. The Labute approximate surface area is 139 Å². The quantitative estimate of drug-likeness (QED) is 0.679. The van der Waals surface area contributed by atoms with Gasteiger partial charge in [0.1, 0.15) is 5.01 Å². The molecule has 3 rings (SSSR count). The number of amides is 2. The van der Waals surface area contributed by atoms with Gasteiger partial charge in [0, 0.05) is 6.54 Å².